The minimum absolute atomic E-state index is 0.00738. The molecule has 0 unspecified atom stereocenters. The Bertz CT molecular complexity index is 1520. The van der Waals surface area contributed by atoms with E-state index in [2.05, 4.69) is 9.62 Å². The van der Waals surface area contributed by atoms with Gasteiger partial charge in [-0.05, 0) is 67.9 Å². The summed E-state index contributed by atoms with van der Waals surface area (Å²) in [5.41, 5.74) is 3.29. The first-order valence-electron chi connectivity index (χ1n) is 12.1. The molecule has 9 nitrogen and oxygen atoms in total. The molecule has 1 aliphatic rings. The molecule has 3 aromatic carbocycles. The molecule has 0 aromatic heterocycles. The normalized spacial score (nSPS) is 13.7. The number of carboxylic acids is 2. The Hall–Kier alpha value is -4.33. The second-order valence-electron chi connectivity index (χ2n) is 9.16. The second kappa shape index (κ2) is 12.5. The number of halogens is 4. The van der Waals surface area contributed by atoms with Crippen molar-refractivity contribution in [1.82, 2.24) is 0 Å². The fourth-order valence-electron chi connectivity index (χ4n) is 4.18. The molecule has 1 heterocycles. The van der Waals surface area contributed by atoms with Crippen molar-refractivity contribution < 1.29 is 45.8 Å². The summed E-state index contributed by atoms with van der Waals surface area (Å²) in [5, 5.41) is 16.6. The molecule has 0 saturated carbocycles. The van der Waals surface area contributed by atoms with Gasteiger partial charge in [-0.25, -0.2) is 22.4 Å². The van der Waals surface area contributed by atoms with Crippen LogP contribution >= 0.6 is 0 Å². The van der Waals surface area contributed by atoms with Crippen LogP contribution in [0.5, 0.6) is 0 Å². The van der Waals surface area contributed by atoms with Gasteiger partial charge in [-0.15, -0.1) is 0 Å². The number of hydrogen-bond acceptors (Lipinski definition) is 6. The van der Waals surface area contributed by atoms with Crippen molar-refractivity contribution in [3.05, 3.63) is 83.2 Å². The first-order valence-corrected chi connectivity index (χ1v) is 13.6. The quantitative estimate of drug-likeness (QED) is 0.343. The van der Waals surface area contributed by atoms with E-state index < -0.39 is 28.1 Å². The molecule has 1 fully saturated rings. The third-order valence-corrected chi connectivity index (χ3v) is 7.69. The highest BCUT2D eigenvalue weighted by Crippen LogP contribution is 2.32. The van der Waals surface area contributed by atoms with E-state index in [0.29, 0.717) is 37.4 Å². The number of piperazine rings is 1. The van der Waals surface area contributed by atoms with Crippen LogP contribution in [0.15, 0.2) is 65.6 Å². The van der Waals surface area contributed by atoms with E-state index in [1.807, 2.05) is 11.8 Å². The highest BCUT2D eigenvalue weighted by atomic mass is 32.2. The standard InChI is InChI=1S/C25H26FN3O4S.C2HF3O2/c1-17-3-10-24(18(2)15-17)34(32,33)27-22-16-19(25(30)31)4-9-23(22)29-13-11-28(12-14-29)21-7-5-20(26)6-8-21;3-2(4,5)1(6)7/h3-10,15-16,27H,11-14H2,1-2H3,(H,30,31);(H,6,7). The van der Waals surface area contributed by atoms with Gasteiger partial charge >= 0.3 is 18.1 Å². The highest BCUT2D eigenvalue weighted by molar-refractivity contribution is 7.92. The predicted octanol–water partition coefficient (Wildman–Crippen LogP) is 4.90. The topological polar surface area (TPSA) is 127 Å². The van der Waals surface area contributed by atoms with Crippen LogP contribution in [-0.2, 0) is 14.8 Å². The van der Waals surface area contributed by atoms with Crippen LogP contribution in [0.25, 0.3) is 0 Å². The van der Waals surface area contributed by atoms with Crippen LogP contribution in [0.3, 0.4) is 0 Å². The van der Waals surface area contributed by atoms with Gasteiger partial charge in [-0.3, -0.25) is 4.72 Å². The molecule has 4 rings (SSSR count). The van der Waals surface area contributed by atoms with Crippen molar-refractivity contribution in [2.45, 2.75) is 24.9 Å². The molecule has 1 aliphatic heterocycles. The summed E-state index contributed by atoms with van der Waals surface area (Å²) in [6.07, 6.45) is -5.08. The summed E-state index contributed by atoms with van der Waals surface area (Å²) < 4.78 is 74.0. The lowest BCUT2D eigenvalue weighted by molar-refractivity contribution is -0.192. The highest BCUT2D eigenvalue weighted by Gasteiger charge is 2.38. The molecule has 0 atom stereocenters. The van der Waals surface area contributed by atoms with Gasteiger partial charge in [0.2, 0.25) is 0 Å². The van der Waals surface area contributed by atoms with Gasteiger partial charge in [0.05, 0.1) is 21.8 Å². The van der Waals surface area contributed by atoms with Gasteiger partial charge < -0.3 is 20.0 Å². The Morgan fingerprint density at radius 1 is 0.854 bits per heavy atom. The van der Waals surface area contributed by atoms with Gasteiger partial charge in [0.25, 0.3) is 10.0 Å². The molecule has 14 heteroatoms. The van der Waals surface area contributed by atoms with Crippen LogP contribution in [0.2, 0.25) is 0 Å². The maximum Gasteiger partial charge on any atom is 0.490 e. The Balaban J connectivity index is 0.000000587. The maximum atomic E-state index is 13.2. The number of sulfonamides is 1. The van der Waals surface area contributed by atoms with Crippen molar-refractivity contribution in [2.24, 2.45) is 0 Å². The number of aliphatic carboxylic acids is 1. The Morgan fingerprint density at radius 3 is 1.93 bits per heavy atom. The van der Waals surface area contributed by atoms with Gasteiger partial charge in [-0.1, -0.05) is 17.7 Å². The SMILES string of the molecule is Cc1ccc(S(=O)(=O)Nc2cc(C(=O)O)ccc2N2CCN(c3ccc(F)cc3)CC2)c(C)c1.O=C(O)C(F)(F)F. The van der Waals surface area contributed by atoms with E-state index in [4.69, 9.17) is 9.90 Å². The molecule has 0 spiro atoms. The third-order valence-electron chi connectivity index (χ3n) is 6.16. The number of nitrogens with one attached hydrogen (secondary N) is 1. The van der Waals surface area contributed by atoms with Crippen LogP contribution in [0.1, 0.15) is 21.5 Å². The van der Waals surface area contributed by atoms with Crippen molar-refractivity contribution in [3.63, 3.8) is 0 Å². The van der Waals surface area contributed by atoms with E-state index in [1.54, 1.807) is 43.3 Å². The lowest BCUT2D eigenvalue weighted by atomic mass is 10.1. The second-order valence-corrected chi connectivity index (χ2v) is 10.8. The molecule has 0 amide bonds. The third kappa shape index (κ3) is 8.10. The van der Waals surface area contributed by atoms with E-state index in [0.717, 1.165) is 11.3 Å². The number of carboxylic acid groups (broad SMARTS) is 2. The van der Waals surface area contributed by atoms with Crippen LogP contribution in [0, 0.1) is 19.7 Å². The average Bonchev–Trinajstić information content (AvgIpc) is 2.88. The smallest absolute Gasteiger partial charge is 0.478 e. The zero-order chi connectivity index (χ0) is 30.5. The van der Waals surface area contributed by atoms with E-state index in [1.165, 1.54) is 24.3 Å². The summed E-state index contributed by atoms with van der Waals surface area (Å²) >= 11 is 0. The number of aryl methyl sites for hydroxylation is 2. The van der Waals surface area contributed by atoms with Gasteiger partial charge in [0.15, 0.2) is 0 Å². The molecular weight excluding hydrogens is 570 g/mol. The first-order chi connectivity index (χ1) is 19.1. The van der Waals surface area contributed by atoms with Crippen LogP contribution in [0.4, 0.5) is 34.6 Å². The van der Waals surface area contributed by atoms with Gasteiger partial charge in [0.1, 0.15) is 5.82 Å². The summed E-state index contributed by atoms with van der Waals surface area (Å²) in [4.78, 5) is 24.8. The lowest BCUT2D eigenvalue weighted by Crippen LogP contribution is -2.46. The summed E-state index contributed by atoms with van der Waals surface area (Å²) in [7, 11) is -3.94. The van der Waals surface area contributed by atoms with Crippen molar-refractivity contribution in [2.75, 3.05) is 40.7 Å². The molecule has 0 bridgehead atoms. The van der Waals surface area contributed by atoms with E-state index in [-0.39, 0.29) is 22.0 Å². The summed E-state index contributed by atoms with van der Waals surface area (Å²) in [6.45, 7) is 6.08. The van der Waals surface area contributed by atoms with Gasteiger partial charge in [-0.2, -0.15) is 13.2 Å². The number of rotatable bonds is 6. The zero-order valence-corrected chi connectivity index (χ0v) is 22.8. The summed E-state index contributed by atoms with van der Waals surface area (Å²) in [6, 6.07) is 15.8. The first kappa shape index (κ1) is 31.2. The van der Waals surface area contributed by atoms with Crippen molar-refractivity contribution >= 4 is 39.0 Å². The molecule has 41 heavy (non-hydrogen) atoms. The van der Waals surface area contributed by atoms with Crippen LogP contribution < -0.4 is 14.5 Å². The molecule has 1 saturated heterocycles. The van der Waals surface area contributed by atoms with Crippen LogP contribution in [-0.4, -0.2) is 62.9 Å². The largest absolute Gasteiger partial charge is 0.490 e. The minimum atomic E-state index is -5.08. The number of benzene rings is 3. The fourth-order valence-corrected chi connectivity index (χ4v) is 5.48. The number of aromatic carboxylic acids is 1. The number of carbonyl (C=O) groups is 2. The summed E-state index contributed by atoms with van der Waals surface area (Å²) in [5.74, 6) is -4.19. The fraction of sp³-hybridized carbons (Fsp3) is 0.259. The number of nitrogens with zero attached hydrogens (tertiary/aromatic N) is 2. The number of alkyl halides is 3. The molecule has 3 N–H and O–H groups in total. The minimum Gasteiger partial charge on any atom is -0.478 e. The monoisotopic (exact) mass is 597 g/mol. The Kier molecular flexibility index (Phi) is 9.48. The Morgan fingerprint density at radius 2 is 1.41 bits per heavy atom. The van der Waals surface area contributed by atoms with Gasteiger partial charge in [0, 0.05) is 31.9 Å². The lowest BCUT2D eigenvalue weighted by Gasteiger charge is -2.38. The molecule has 220 valence electrons. The molecule has 3 aromatic rings. The molecular formula is C27H27F4N3O6S. The number of hydrogen-bond donors (Lipinski definition) is 3. The molecule has 0 radical (unpaired) electrons. The maximum absolute atomic E-state index is 13.2. The Labute approximate surface area is 233 Å². The van der Waals surface area contributed by atoms with E-state index >= 15 is 0 Å². The predicted molar refractivity (Wildman–Crippen MR) is 145 cm³/mol. The molecule has 0 aliphatic carbocycles. The van der Waals surface area contributed by atoms with E-state index in [9.17, 15) is 35.9 Å². The number of anilines is 3. The average molecular weight is 598 g/mol. The zero-order valence-electron chi connectivity index (χ0n) is 21.9. The van der Waals surface area contributed by atoms with Crippen molar-refractivity contribution in [1.29, 1.82) is 0 Å². The van der Waals surface area contributed by atoms with Crippen molar-refractivity contribution in [3.8, 4) is 0 Å².